The van der Waals surface area contributed by atoms with Gasteiger partial charge in [0.2, 0.25) is 0 Å². The third-order valence-corrected chi connectivity index (χ3v) is 2.07. The Morgan fingerprint density at radius 3 is 2.25 bits per heavy atom. The van der Waals surface area contributed by atoms with Crippen LogP contribution in [0.25, 0.3) is 0 Å². The minimum absolute atomic E-state index is 0.682. The summed E-state index contributed by atoms with van der Waals surface area (Å²) >= 11 is 5.03. The number of hydrogen-bond donors (Lipinski definition) is 0. The molecule has 0 amide bonds. The van der Waals surface area contributed by atoms with Gasteiger partial charge in [-0.1, -0.05) is 19.1 Å². The van der Waals surface area contributed by atoms with E-state index >= 15 is 0 Å². The van der Waals surface area contributed by atoms with Crippen LogP contribution in [0, 0.1) is 12.8 Å². The van der Waals surface area contributed by atoms with Crippen molar-refractivity contribution in [1.29, 1.82) is 0 Å². The molecule has 0 aromatic heterocycles. The van der Waals surface area contributed by atoms with Crippen molar-refractivity contribution in [3.8, 4) is 0 Å². The van der Waals surface area contributed by atoms with Crippen molar-refractivity contribution >= 4 is 17.1 Å². The molecule has 0 N–H and O–H groups in total. The lowest BCUT2D eigenvalue weighted by atomic mass is 9.91. The summed E-state index contributed by atoms with van der Waals surface area (Å²) in [4.78, 5) is 1.25. The van der Waals surface area contributed by atoms with Crippen LogP contribution in [0.15, 0.2) is 0 Å². The second kappa shape index (κ2) is 2.58. The molecular formula is C7H11S. The molecule has 1 fully saturated rings. The summed E-state index contributed by atoms with van der Waals surface area (Å²) in [6.45, 7) is 3.97. The lowest BCUT2D eigenvalue weighted by Gasteiger charge is -2.16. The number of rotatable bonds is 0. The lowest BCUT2D eigenvalue weighted by Crippen LogP contribution is -2.09. The Morgan fingerprint density at radius 1 is 1.38 bits per heavy atom. The molecule has 1 aliphatic carbocycles. The summed E-state index contributed by atoms with van der Waals surface area (Å²) in [7, 11) is 0. The van der Waals surface area contributed by atoms with Gasteiger partial charge in [0.15, 0.2) is 0 Å². The van der Waals surface area contributed by atoms with E-state index in [1.165, 1.54) is 17.7 Å². The van der Waals surface area contributed by atoms with Crippen molar-refractivity contribution in [2.24, 2.45) is 5.92 Å². The van der Waals surface area contributed by atoms with E-state index in [0.29, 0.717) is 5.92 Å². The van der Waals surface area contributed by atoms with Crippen LogP contribution in [0.5, 0.6) is 0 Å². The third-order valence-electron chi connectivity index (χ3n) is 1.66. The standard InChI is InChI=1S/C7H11S/c1-6-2-4-7(8)5-3-6/h6H,1-5H2. The maximum Gasteiger partial charge on any atom is -0.00713 e. The molecule has 0 aromatic carbocycles. The summed E-state index contributed by atoms with van der Waals surface area (Å²) in [5.74, 6) is 0.682. The van der Waals surface area contributed by atoms with E-state index in [2.05, 4.69) is 6.92 Å². The molecule has 0 atom stereocenters. The van der Waals surface area contributed by atoms with Gasteiger partial charge in [-0.25, -0.2) is 0 Å². The molecule has 0 bridgehead atoms. The van der Waals surface area contributed by atoms with Gasteiger partial charge in [0.25, 0.3) is 0 Å². The lowest BCUT2D eigenvalue weighted by molar-refractivity contribution is 0.536. The van der Waals surface area contributed by atoms with Gasteiger partial charge in [0.1, 0.15) is 0 Å². The highest BCUT2D eigenvalue weighted by molar-refractivity contribution is 7.80. The first-order valence-electron chi connectivity index (χ1n) is 3.14. The second-order valence-electron chi connectivity index (χ2n) is 2.48. The zero-order valence-electron chi connectivity index (χ0n) is 5.02. The van der Waals surface area contributed by atoms with Crippen molar-refractivity contribution in [1.82, 2.24) is 0 Å². The zero-order chi connectivity index (χ0) is 5.98. The van der Waals surface area contributed by atoms with Crippen LogP contribution in [0.1, 0.15) is 25.7 Å². The van der Waals surface area contributed by atoms with Crippen LogP contribution in [0.2, 0.25) is 0 Å². The van der Waals surface area contributed by atoms with E-state index in [-0.39, 0.29) is 0 Å². The van der Waals surface area contributed by atoms with Crippen LogP contribution >= 0.6 is 12.2 Å². The fraction of sp³-hybridized carbons (Fsp3) is 0.714. The molecule has 0 aromatic rings. The van der Waals surface area contributed by atoms with Gasteiger partial charge in [-0.3, -0.25) is 0 Å². The molecule has 0 unspecified atom stereocenters. The predicted molar refractivity (Wildman–Crippen MR) is 39.9 cm³/mol. The van der Waals surface area contributed by atoms with E-state index in [1.54, 1.807) is 0 Å². The SMILES string of the molecule is [CH2]C1CCC(=S)CC1. The highest BCUT2D eigenvalue weighted by Gasteiger charge is 2.10. The molecule has 1 rings (SSSR count). The molecule has 0 nitrogen and oxygen atoms in total. The summed E-state index contributed by atoms with van der Waals surface area (Å²) < 4.78 is 0. The molecule has 1 radical (unpaired) electrons. The minimum Gasteiger partial charge on any atom is -0.0897 e. The van der Waals surface area contributed by atoms with Crippen molar-refractivity contribution in [2.45, 2.75) is 25.7 Å². The first-order chi connectivity index (χ1) is 3.79. The Kier molecular flexibility index (Phi) is 2.01. The van der Waals surface area contributed by atoms with Gasteiger partial charge in [-0.15, -0.1) is 0 Å². The Balaban J connectivity index is 2.29. The molecule has 1 aliphatic rings. The van der Waals surface area contributed by atoms with Gasteiger partial charge in [0.05, 0.1) is 0 Å². The fourth-order valence-corrected chi connectivity index (χ4v) is 1.24. The average molecular weight is 127 g/mol. The Bertz CT molecular complexity index is 86.6. The van der Waals surface area contributed by atoms with Crippen LogP contribution in [0.3, 0.4) is 0 Å². The summed E-state index contributed by atoms with van der Waals surface area (Å²) in [5.41, 5.74) is 0. The Morgan fingerprint density at radius 2 is 1.88 bits per heavy atom. The maximum absolute atomic E-state index is 5.03. The molecule has 0 saturated heterocycles. The number of thiocarbonyl (C=S) groups is 1. The minimum atomic E-state index is 0.682. The number of hydrogen-bond acceptors (Lipinski definition) is 1. The van der Waals surface area contributed by atoms with Crippen molar-refractivity contribution in [3.05, 3.63) is 6.92 Å². The van der Waals surface area contributed by atoms with Crippen LogP contribution in [0.4, 0.5) is 0 Å². The molecule has 1 saturated carbocycles. The van der Waals surface area contributed by atoms with Crippen molar-refractivity contribution < 1.29 is 0 Å². The molecule has 0 spiro atoms. The van der Waals surface area contributed by atoms with E-state index in [0.717, 1.165) is 12.8 Å². The molecule has 8 heavy (non-hydrogen) atoms. The second-order valence-corrected chi connectivity index (χ2v) is 3.06. The third kappa shape index (κ3) is 1.55. The highest BCUT2D eigenvalue weighted by atomic mass is 32.1. The highest BCUT2D eigenvalue weighted by Crippen LogP contribution is 2.20. The monoisotopic (exact) mass is 127 g/mol. The summed E-state index contributed by atoms with van der Waals surface area (Å²) in [6, 6.07) is 0. The van der Waals surface area contributed by atoms with Gasteiger partial charge in [-0.2, -0.15) is 0 Å². The predicted octanol–water partition coefficient (Wildman–Crippen LogP) is 2.38. The maximum atomic E-state index is 5.03. The largest absolute Gasteiger partial charge is 0.0897 e. The topological polar surface area (TPSA) is 0 Å². The molecular weight excluding hydrogens is 116 g/mol. The smallest absolute Gasteiger partial charge is 0.00713 e. The van der Waals surface area contributed by atoms with Crippen LogP contribution in [-0.4, -0.2) is 4.86 Å². The first kappa shape index (κ1) is 6.21. The van der Waals surface area contributed by atoms with Crippen LogP contribution < -0.4 is 0 Å². The van der Waals surface area contributed by atoms with Gasteiger partial charge in [-0.05, 0) is 36.5 Å². The molecule has 1 heteroatoms. The average Bonchev–Trinajstić information content (AvgIpc) is 1.77. The van der Waals surface area contributed by atoms with E-state index in [9.17, 15) is 0 Å². The fourth-order valence-electron chi connectivity index (χ4n) is 1.000. The molecule has 0 aliphatic heterocycles. The zero-order valence-corrected chi connectivity index (χ0v) is 5.84. The van der Waals surface area contributed by atoms with Gasteiger partial charge < -0.3 is 0 Å². The normalized spacial score (nSPS) is 23.9. The summed E-state index contributed by atoms with van der Waals surface area (Å²) in [5, 5.41) is 0. The van der Waals surface area contributed by atoms with E-state index in [4.69, 9.17) is 12.2 Å². The molecule has 0 heterocycles. The molecule has 45 valence electrons. The van der Waals surface area contributed by atoms with Crippen molar-refractivity contribution in [3.63, 3.8) is 0 Å². The van der Waals surface area contributed by atoms with Crippen LogP contribution in [-0.2, 0) is 0 Å². The summed E-state index contributed by atoms with van der Waals surface area (Å²) in [6.07, 6.45) is 4.73. The van der Waals surface area contributed by atoms with Gasteiger partial charge in [0, 0.05) is 0 Å². The first-order valence-corrected chi connectivity index (χ1v) is 3.54. The quantitative estimate of drug-likeness (QED) is 0.450. The van der Waals surface area contributed by atoms with E-state index in [1.807, 2.05) is 0 Å². The Hall–Kier alpha value is 0.0900. The Labute approximate surface area is 56.3 Å². The van der Waals surface area contributed by atoms with Crippen molar-refractivity contribution in [2.75, 3.05) is 0 Å². The van der Waals surface area contributed by atoms with E-state index < -0.39 is 0 Å². The van der Waals surface area contributed by atoms with Gasteiger partial charge >= 0.3 is 0 Å².